The molecule has 14 heteroatoms. The molecular formula is C42H42Cl4N4O6. The van der Waals surface area contributed by atoms with Crippen LogP contribution in [0.2, 0.25) is 20.1 Å². The summed E-state index contributed by atoms with van der Waals surface area (Å²) in [5, 5.41) is 11.1. The Bertz CT molecular complexity index is 1850. The quantitative estimate of drug-likeness (QED) is 0.0953. The van der Waals surface area contributed by atoms with E-state index in [0.29, 0.717) is 55.4 Å². The average molecular weight is 841 g/mol. The summed E-state index contributed by atoms with van der Waals surface area (Å²) < 4.78 is 11.8. The van der Waals surface area contributed by atoms with Crippen LogP contribution in [0.5, 0.6) is 0 Å². The molecule has 4 aromatic carbocycles. The first-order valence-electron chi connectivity index (χ1n) is 18.6. The second kappa shape index (κ2) is 18.9. The molecule has 2 amide bonds. The van der Waals surface area contributed by atoms with Crippen LogP contribution in [0.25, 0.3) is 0 Å². The number of carbonyl (C=O) groups excluding carboxylic acids is 4. The zero-order chi connectivity index (χ0) is 39.9. The third-order valence-corrected chi connectivity index (χ3v) is 11.0. The van der Waals surface area contributed by atoms with Crippen molar-refractivity contribution in [3.8, 4) is 0 Å². The zero-order valence-electron chi connectivity index (χ0n) is 30.8. The molecule has 6 rings (SSSR count). The van der Waals surface area contributed by atoms with Gasteiger partial charge in [-0.1, -0.05) is 97.4 Å². The number of fused-ring (bicyclic) bond motifs is 1. The van der Waals surface area contributed by atoms with Crippen molar-refractivity contribution in [1.82, 2.24) is 10.0 Å². The average Bonchev–Trinajstić information content (AvgIpc) is 3.71. The highest BCUT2D eigenvalue weighted by Crippen LogP contribution is 2.56. The Morgan fingerprint density at radius 2 is 0.821 bits per heavy atom. The van der Waals surface area contributed by atoms with Gasteiger partial charge in [0.15, 0.2) is 0 Å². The molecule has 2 saturated heterocycles. The van der Waals surface area contributed by atoms with Gasteiger partial charge in [-0.3, -0.25) is 19.2 Å². The van der Waals surface area contributed by atoms with Crippen molar-refractivity contribution in [2.24, 2.45) is 11.8 Å². The van der Waals surface area contributed by atoms with E-state index in [0.717, 1.165) is 12.8 Å². The van der Waals surface area contributed by atoms with E-state index in [1.807, 2.05) is 13.8 Å². The minimum atomic E-state index is -1.31. The van der Waals surface area contributed by atoms with E-state index in [1.54, 1.807) is 107 Å². The molecule has 0 spiro atoms. The molecule has 6 atom stereocenters. The summed E-state index contributed by atoms with van der Waals surface area (Å²) in [4.78, 5) is 59.0. The number of benzene rings is 4. The van der Waals surface area contributed by atoms with Crippen LogP contribution in [-0.2, 0) is 28.7 Å². The van der Waals surface area contributed by atoms with E-state index >= 15 is 0 Å². The van der Waals surface area contributed by atoms with Crippen molar-refractivity contribution in [2.75, 3.05) is 23.8 Å². The fourth-order valence-electron chi connectivity index (χ4n) is 7.37. The molecule has 4 aromatic rings. The standard InChI is InChI=1S/C42H42Cl4N4O6/c1-3-5-23-55-41(53)33-35(25-7-11-27(43)12-8-25)49-38(40(52)48-32-21-17-30(46)18-22-32)34(42(54)56-24-6-4-2)36(26-9-13-28(44)14-10-26)50(49)37(33)39(51)47-31-19-15-29(45)16-20-31/h7-22,33-38H,3-6,23-24H2,1-2H3,(H,47,51)(H,48,52)/t33-,34-,35-,36+,37+,38-/m0/s1. The number of hydrogen-bond donors (Lipinski definition) is 2. The first-order valence-corrected chi connectivity index (χ1v) is 20.1. The number of anilines is 2. The second-order valence-electron chi connectivity index (χ2n) is 13.7. The molecule has 2 aliphatic heterocycles. The Kier molecular flexibility index (Phi) is 14.0. The van der Waals surface area contributed by atoms with Gasteiger partial charge in [-0.05, 0) is 96.8 Å². The Morgan fingerprint density at radius 3 is 1.12 bits per heavy atom. The van der Waals surface area contributed by atoms with Gasteiger partial charge < -0.3 is 20.1 Å². The SMILES string of the molecule is CCCCOC(=O)[C@@H]1[C@@H](C(=O)Nc2ccc(Cl)cc2)N2[C@@H](c3ccc(Cl)cc3)[C@H](C(=O)OCCCC)[C@H](C(=O)Nc3ccc(Cl)cc3)N2[C@@H]1c1ccc(Cl)cc1. The van der Waals surface area contributed by atoms with Gasteiger partial charge in [0.2, 0.25) is 11.8 Å². The first kappa shape index (κ1) is 41.5. The number of halogens is 4. The van der Waals surface area contributed by atoms with Crippen molar-refractivity contribution < 1.29 is 28.7 Å². The lowest BCUT2D eigenvalue weighted by molar-refractivity contribution is -0.154. The lowest BCUT2D eigenvalue weighted by Crippen LogP contribution is -2.49. The van der Waals surface area contributed by atoms with Crippen LogP contribution < -0.4 is 10.6 Å². The number of esters is 2. The number of unbranched alkanes of at least 4 members (excludes halogenated alkanes) is 2. The fraction of sp³-hybridized carbons (Fsp3) is 0.333. The topological polar surface area (TPSA) is 117 Å². The van der Waals surface area contributed by atoms with Gasteiger partial charge in [-0.15, -0.1) is 0 Å². The summed E-state index contributed by atoms with van der Waals surface area (Å²) in [7, 11) is 0. The molecule has 0 aromatic heterocycles. The van der Waals surface area contributed by atoms with Crippen molar-refractivity contribution >= 4 is 81.5 Å². The molecule has 0 bridgehead atoms. The predicted molar refractivity (Wildman–Crippen MR) is 219 cm³/mol. The van der Waals surface area contributed by atoms with Crippen molar-refractivity contribution in [3.05, 3.63) is 128 Å². The van der Waals surface area contributed by atoms with Gasteiger partial charge in [-0.25, -0.2) is 10.0 Å². The summed E-state index contributed by atoms with van der Waals surface area (Å²) in [6.07, 6.45) is 2.74. The minimum absolute atomic E-state index is 0.123. The highest BCUT2D eigenvalue weighted by Gasteiger charge is 2.68. The van der Waals surface area contributed by atoms with Crippen LogP contribution >= 0.6 is 46.4 Å². The van der Waals surface area contributed by atoms with E-state index in [-0.39, 0.29) is 13.2 Å². The lowest BCUT2D eigenvalue weighted by atomic mass is 9.82. The number of hydrazine groups is 1. The Morgan fingerprint density at radius 1 is 0.518 bits per heavy atom. The lowest BCUT2D eigenvalue weighted by Gasteiger charge is -2.33. The summed E-state index contributed by atoms with van der Waals surface area (Å²) in [6.45, 7) is 4.20. The van der Waals surface area contributed by atoms with Crippen molar-refractivity contribution in [3.63, 3.8) is 0 Å². The van der Waals surface area contributed by atoms with E-state index in [1.165, 1.54) is 0 Å². The molecule has 10 nitrogen and oxygen atoms in total. The van der Waals surface area contributed by atoms with Crippen LogP contribution in [0.3, 0.4) is 0 Å². The van der Waals surface area contributed by atoms with Crippen molar-refractivity contribution in [1.29, 1.82) is 0 Å². The van der Waals surface area contributed by atoms with Gasteiger partial charge >= 0.3 is 11.9 Å². The largest absolute Gasteiger partial charge is 0.465 e. The van der Waals surface area contributed by atoms with Gasteiger partial charge in [0.1, 0.15) is 23.9 Å². The van der Waals surface area contributed by atoms with Crippen LogP contribution in [-0.4, -0.2) is 59.1 Å². The van der Waals surface area contributed by atoms with Gasteiger partial charge in [-0.2, -0.15) is 0 Å². The number of nitrogens with zero attached hydrogens (tertiary/aromatic N) is 2. The van der Waals surface area contributed by atoms with Gasteiger partial charge in [0.25, 0.3) is 0 Å². The predicted octanol–water partition coefficient (Wildman–Crippen LogP) is 9.56. The summed E-state index contributed by atoms with van der Waals surface area (Å²) in [5.74, 6) is -4.81. The van der Waals surface area contributed by atoms with Crippen LogP contribution in [0.15, 0.2) is 97.1 Å². The molecule has 294 valence electrons. The minimum Gasteiger partial charge on any atom is -0.465 e. The molecule has 0 radical (unpaired) electrons. The number of amides is 2. The van der Waals surface area contributed by atoms with Crippen LogP contribution in [0.4, 0.5) is 11.4 Å². The molecule has 2 heterocycles. The molecular weight excluding hydrogens is 798 g/mol. The van der Waals surface area contributed by atoms with Crippen molar-refractivity contribution in [2.45, 2.75) is 63.7 Å². The molecule has 0 unspecified atom stereocenters. The number of ether oxygens (including phenoxy) is 2. The summed E-state index contributed by atoms with van der Waals surface area (Å²) in [6, 6.07) is 22.2. The Labute approximate surface area is 346 Å². The molecule has 2 aliphatic rings. The zero-order valence-corrected chi connectivity index (χ0v) is 33.8. The maximum absolute atomic E-state index is 14.9. The molecule has 56 heavy (non-hydrogen) atoms. The summed E-state index contributed by atoms with van der Waals surface area (Å²) >= 11 is 25.1. The summed E-state index contributed by atoms with van der Waals surface area (Å²) in [5.41, 5.74) is 1.98. The molecule has 0 aliphatic carbocycles. The van der Waals surface area contributed by atoms with E-state index in [4.69, 9.17) is 55.9 Å². The monoisotopic (exact) mass is 838 g/mol. The maximum Gasteiger partial charge on any atom is 0.313 e. The second-order valence-corrected chi connectivity index (χ2v) is 15.5. The molecule has 2 N–H and O–H groups in total. The Hall–Kier alpha value is -4.16. The number of carbonyl (C=O) groups is 4. The normalized spacial score (nSPS) is 22.0. The highest BCUT2D eigenvalue weighted by molar-refractivity contribution is 6.31. The van der Waals surface area contributed by atoms with Crippen LogP contribution in [0.1, 0.15) is 62.7 Å². The highest BCUT2D eigenvalue weighted by atomic mass is 35.5. The number of rotatable bonds is 14. The Balaban J connectivity index is 1.59. The third kappa shape index (κ3) is 9.17. The van der Waals surface area contributed by atoms with E-state index < -0.39 is 59.8 Å². The maximum atomic E-state index is 14.9. The number of hydrogen-bond acceptors (Lipinski definition) is 8. The van der Waals surface area contributed by atoms with Gasteiger partial charge in [0.05, 0.1) is 25.3 Å². The van der Waals surface area contributed by atoms with E-state index in [9.17, 15) is 19.2 Å². The molecule has 2 fully saturated rings. The number of nitrogens with one attached hydrogen (secondary N) is 2. The van der Waals surface area contributed by atoms with Crippen LogP contribution in [0, 0.1) is 11.8 Å². The smallest absolute Gasteiger partial charge is 0.313 e. The van der Waals surface area contributed by atoms with E-state index in [2.05, 4.69) is 10.6 Å². The first-order chi connectivity index (χ1) is 27.0. The molecule has 0 saturated carbocycles. The fourth-order valence-corrected chi connectivity index (χ4v) is 7.88. The third-order valence-electron chi connectivity index (χ3n) is 9.98. The van der Waals surface area contributed by atoms with Gasteiger partial charge in [0, 0.05) is 31.5 Å².